The van der Waals surface area contributed by atoms with Gasteiger partial charge in [0.05, 0.1) is 10.5 Å². The number of methoxy groups -OCH3 is 1. The SMILES string of the molecule is COCCCN1C(=O)C(=Cc2c(N3CCN(C)CC3)nc3ccccn3c2=O)SC1=S. The van der Waals surface area contributed by atoms with Gasteiger partial charge in [0.15, 0.2) is 0 Å². The van der Waals surface area contributed by atoms with Crippen molar-refractivity contribution in [2.75, 3.05) is 58.4 Å². The number of piperazine rings is 1. The van der Waals surface area contributed by atoms with Gasteiger partial charge in [-0.05, 0) is 31.7 Å². The first-order valence-electron chi connectivity index (χ1n) is 10.2. The lowest BCUT2D eigenvalue weighted by molar-refractivity contribution is -0.122. The lowest BCUT2D eigenvalue weighted by Gasteiger charge is -2.34. The summed E-state index contributed by atoms with van der Waals surface area (Å²) in [5, 5.41) is 0. The summed E-state index contributed by atoms with van der Waals surface area (Å²) < 4.78 is 7.10. The highest BCUT2D eigenvalue weighted by molar-refractivity contribution is 8.26. The second-order valence-corrected chi connectivity index (χ2v) is 9.23. The van der Waals surface area contributed by atoms with Crippen LogP contribution >= 0.6 is 24.0 Å². The molecule has 2 saturated heterocycles. The van der Waals surface area contributed by atoms with Crippen LogP contribution in [0.3, 0.4) is 0 Å². The molecular formula is C21H25N5O3S2. The van der Waals surface area contributed by atoms with Crippen molar-refractivity contribution >= 4 is 51.7 Å². The van der Waals surface area contributed by atoms with Gasteiger partial charge in [-0.1, -0.05) is 30.0 Å². The summed E-state index contributed by atoms with van der Waals surface area (Å²) in [7, 11) is 3.71. The maximum atomic E-state index is 13.4. The van der Waals surface area contributed by atoms with E-state index in [0.29, 0.717) is 45.8 Å². The molecule has 4 rings (SSSR count). The number of amides is 1. The second-order valence-electron chi connectivity index (χ2n) is 7.55. The summed E-state index contributed by atoms with van der Waals surface area (Å²) in [4.78, 5) is 37.6. The zero-order valence-electron chi connectivity index (χ0n) is 17.6. The van der Waals surface area contributed by atoms with Crippen molar-refractivity contribution in [3.8, 4) is 0 Å². The van der Waals surface area contributed by atoms with Crippen molar-refractivity contribution < 1.29 is 9.53 Å². The first-order valence-corrected chi connectivity index (χ1v) is 11.4. The fourth-order valence-corrected chi connectivity index (χ4v) is 4.96. The van der Waals surface area contributed by atoms with Crippen LogP contribution in [0.5, 0.6) is 0 Å². The zero-order valence-corrected chi connectivity index (χ0v) is 19.2. The number of anilines is 1. The fraction of sp³-hybridized carbons (Fsp3) is 0.429. The first kappa shape index (κ1) is 21.9. The van der Waals surface area contributed by atoms with Crippen LogP contribution in [0.25, 0.3) is 11.7 Å². The van der Waals surface area contributed by atoms with Gasteiger partial charge in [0, 0.05) is 52.6 Å². The minimum atomic E-state index is -0.191. The lowest BCUT2D eigenvalue weighted by atomic mass is 10.2. The number of pyridine rings is 1. The van der Waals surface area contributed by atoms with E-state index in [0.717, 1.165) is 26.2 Å². The number of rotatable bonds is 6. The van der Waals surface area contributed by atoms with Gasteiger partial charge < -0.3 is 14.5 Å². The average molecular weight is 460 g/mol. The summed E-state index contributed by atoms with van der Waals surface area (Å²) in [6, 6.07) is 5.48. The second kappa shape index (κ2) is 9.47. The van der Waals surface area contributed by atoms with Gasteiger partial charge in [0.25, 0.3) is 11.5 Å². The molecule has 0 aromatic carbocycles. The number of thiocarbonyl (C=S) groups is 1. The van der Waals surface area contributed by atoms with Crippen LogP contribution < -0.4 is 10.5 Å². The third-order valence-electron chi connectivity index (χ3n) is 5.43. The van der Waals surface area contributed by atoms with E-state index in [1.165, 1.54) is 16.2 Å². The van der Waals surface area contributed by atoms with Crippen molar-refractivity contribution in [2.45, 2.75) is 6.42 Å². The number of hydrogen-bond donors (Lipinski definition) is 0. The Hall–Kier alpha value is -2.27. The van der Waals surface area contributed by atoms with Crippen molar-refractivity contribution in [2.24, 2.45) is 0 Å². The van der Waals surface area contributed by atoms with E-state index in [9.17, 15) is 9.59 Å². The van der Waals surface area contributed by atoms with E-state index >= 15 is 0 Å². The number of thioether (sulfide) groups is 1. The third kappa shape index (κ3) is 4.52. The normalized spacial score (nSPS) is 19.2. The van der Waals surface area contributed by atoms with Crippen molar-refractivity contribution in [3.05, 3.63) is 45.2 Å². The molecule has 164 valence electrons. The number of carbonyl (C=O) groups is 1. The predicted molar refractivity (Wildman–Crippen MR) is 128 cm³/mol. The van der Waals surface area contributed by atoms with E-state index in [4.69, 9.17) is 21.9 Å². The van der Waals surface area contributed by atoms with E-state index < -0.39 is 0 Å². The fourth-order valence-electron chi connectivity index (χ4n) is 3.67. The number of fused-ring (bicyclic) bond motifs is 1. The Balaban J connectivity index is 1.75. The molecule has 4 heterocycles. The smallest absolute Gasteiger partial charge is 0.267 e. The minimum absolute atomic E-state index is 0.173. The Morgan fingerprint density at radius 2 is 2.00 bits per heavy atom. The van der Waals surface area contributed by atoms with Crippen molar-refractivity contribution in [3.63, 3.8) is 0 Å². The van der Waals surface area contributed by atoms with Crippen molar-refractivity contribution in [1.29, 1.82) is 0 Å². The monoisotopic (exact) mass is 459 g/mol. The Bertz CT molecular complexity index is 1090. The average Bonchev–Trinajstić information content (AvgIpc) is 3.04. The number of hydrogen-bond acceptors (Lipinski definition) is 8. The first-order chi connectivity index (χ1) is 15.0. The quantitative estimate of drug-likeness (QED) is 0.367. The van der Waals surface area contributed by atoms with E-state index in [1.54, 1.807) is 30.3 Å². The molecule has 2 aliphatic heterocycles. The van der Waals surface area contributed by atoms with E-state index in [-0.39, 0.29) is 11.5 Å². The van der Waals surface area contributed by atoms with Crippen LogP contribution in [0, 0.1) is 0 Å². The highest BCUT2D eigenvalue weighted by Crippen LogP contribution is 2.33. The molecule has 1 amide bonds. The van der Waals surface area contributed by atoms with Crippen LogP contribution in [0.4, 0.5) is 5.82 Å². The largest absolute Gasteiger partial charge is 0.385 e. The molecule has 31 heavy (non-hydrogen) atoms. The molecule has 8 nitrogen and oxygen atoms in total. The van der Waals surface area contributed by atoms with Gasteiger partial charge in [0.1, 0.15) is 15.8 Å². The lowest BCUT2D eigenvalue weighted by Crippen LogP contribution is -2.45. The van der Waals surface area contributed by atoms with Gasteiger partial charge >= 0.3 is 0 Å². The summed E-state index contributed by atoms with van der Waals surface area (Å²) in [6.07, 6.45) is 4.06. The van der Waals surface area contributed by atoms with Crippen LogP contribution in [0.2, 0.25) is 0 Å². The Morgan fingerprint density at radius 3 is 2.74 bits per heavy atom. The van der Waals surface area contributed by atoms with Crippen LogP contribution in [-0.4, -0.2) is 82.9 Å². The summed E-state index contributed by atoms with van der Waals surface area (Å²) >= 11 is 6.64. The molecule has 2 fully saturated rings. The van der Waals surface area contributed by atoms with Gasteiger partial charge in [0.2, 0.25) is 0 Å². The highest BCUT2D eigenvalue weighted by Gasteiger charge is 2.32. The van der Waals surface area contributed by atoms with Gasteiger partial charge in [-0.2, -0.15) is 0 Å². The van der Waals surface area contributed by atoms with Gasteiger partial charge in [-0.25, -0.2) is 4.98 Å². The Morgan fingerprint density at radius 1 is 1.23 bits per heavy atom. The number of ether oxygens (including phenoxy) is 1. The summed E-state index contributed by atoms with van der Waals surface area (Å²) in [6.45, 7) is 4.36. The van der Waals surface area contributed by atoms with Crippen LogP contribution in [0.15, 0.2) is 34.1 Å². The summed E-state index contributed by atoms with van der Waals surface area (Å²) in [5.74, 6) is 0.446. The Kier molecular flexibility index (Phi) is 6.71. The number of carbonyl (C=O) groups excluding carboxylic acids is 1. The minimum Gasteiger partial charge on any atom is -0.385 e. The molecule has 2 aromatic rings. The molecule has 0 radical (unpaired) electrons. The molecule has 2 aliphatic rings. The van der Waals surface area contributed by atoms with Crippen LogP contribution in [0.1, 0.15) is 12.0 Å². The van der Waals surface area contributed by atoms with E-state index in [2.05, 4.69) is 16.8 Å². The number of aromatic nitrogens is 2. The number of likely N-dealkylation sites (N-methyl/N-ethyl adjacent to an activating group) is 1. The van der Waals surface area contributed by atoms with E-state index in [1.807, 2.05) is 12.1 Å². The zero-order chi connectivity index (χ0) is 22.0. The maximum absolute atomic E-state index is 13.4. The topological polar surface area (TPSA) is 70.4 Å². The Labute approximate surface area is 190 Å². The molecule has 0 unspecified atom stereocenters. The molecular weight excluding hydrogens is 434 g/mol. The standard InChI is InChI=1S/C21H25N5O3S2/c1-23-9-11-24(12-10-23)18-15(19(27)25-7-4-3-6-17(25)22-18)14-16-20(28)26(21(30)31-16)8-5-13-29-2/h3-4,6-7,14H,5,8-13H2,1-2H3. The molecule has 0 N–H and O–H groups in total. The third-order valence-corrected chi connectivity index (χ3v) is 6.81. The molecule has 2 aromatic heterocycles. The molecule has 0 aliphatic carbocycles. The molecule has 0 saturated carbocycles. The highest BCUT2D eigenvalue weighted by atomic mass is 32.2. The maximum Gasteiger partial charge on any atom is 0.267 e. The molecule has 0 atom stereocenters. The molecule has 0 spiro atoms. The predicted octanol–water partition coefficient (Wildman–Crippen LogP) is 1.68. The molecule has 10 heteroatoms. The van der Waals surface area contributed by atoms with Gasteiger partial charge in [-0.3, -0.25) is 18.9 Å². The van der Waals surface area contributed by atoms with Crippen molar-refractivity contribution in [1.82, 2.24) is 19.2 Å². The van der Waals surface area contributed by atoms with Gasteiger partial charge in [-0.15, -0.1) is 0 Å². The summed E-state index contributed by atoms with van der Waals surface area (Å²) in [5.41, 5.74) is 0.820. The number of nitrogens with zero attached hydrogens (tertiary/aromatic N) is 5. The van der Waals surface area contributed by atoms with Crippen LogP contribution in [-0.2, 0) is 9.53 Å². The molecule has 0 bridgehead atoms.